The van der Waals surface area contributed by atoms with E-state index in [1.165, 1.54) is 19.1 Å². The molecule has 0 spiro atoms. The van der Waals surface area contributed by atoms with Crippen LogP contribution in [0.1, 0.15) is 45.7 Å². The van der Waals surface area contributed by atoms with Gasteiger partial charge in [0.25, 0.3) is 0 Å². The molecule has 0 aliphatic carbocycles. The van der Waals surface area contributed by atoms with E-state index in [0.717, 1.165) is 5.56 Å². The average Bonchev–Trinajstić information content (AvgIpc) is 2.65. The van der Waals surface area contributed by atoms with Crippen molar-refractivity contribution in [1.82, 2.24) is 10.0 Å². The van der Waals surface area contributed by atoms with E-state index in [1.807, 2.05) is 0 Å². The summed E-state index contributed by atoms with van der Waals surface area (Å²) in [6, 6.07) is 12.6. The van der Waals surface area contributed by atoms with Crippen molar-refractivity contribution in [1.29, 1.82) is 0 Å². The number of sulfonamides is 1. The zero-order valence-electron chi connectivity index (χ0n) is 18.4. The van der Waals surface area contributed by atoms with Gasteiger partial charge in [-0.05, 0) is 50.6 Å². The van der Waals surface area contributed by atoms with Gasteiger partial charge >= 0.3 is 0 Å². The summed E-state index contributed by atoms with van der Waals surface area (Å²) in [6.07, 6.45) is -0.0764. The second-order valence-electron chi connectivity index (χ2n) is 8.13. The van der Waals surface area contributed by atoms with Crippen molar-refractivity contribution in [3.63, 3.8) is 0 Å². The minimum absolute atomic E-state index is 0.0289. The van der Waals surface area contributed by atoms with E-state index < -0.39 is 27.5 Å². The molecule has 2 amide bonds. The summed E-state index contributed by atoms with van der Waals surface area (Å²) in [5.74, 6) is -0.0702. The number of para-hydroxylation sites is 1. The van der Waals surface area contributed by atoms with Crippen molar-refractivity contribution in [2.75, 3.05) is 12.4 Å². The van der Waals surface area contributed by atoms with Crippen LogP contribution in [0.15, 0.2) is 53.4 Å². The highest BCUT2D eigenvalue weighted by molar-refractivity contribution is 7.89. The number of rotatable bonds is 8. The minimum atomic E-state index is -3.85. The molecule has 1 atom stereocenters. The Balaban J connectivity index is 2.24. The topological polar surface area (TPSA) is 114 Å². The quantitative estimate of drug-likeness (QED) is 0.576. The highest BCUT2D eigenvalue weighted by atomic mass is 32.2. The van der Waals surface area contributed by atoms with Gasteiger partial charge in [-0.1, -0.05) is 24.3 Å². The predicted molar refractivity (Wildman–Crippen MR) is 119 cm³/mol. The smallest absolute Gasteiger partial charge is 0.243 e. The van der Waals surface area contributed by atoms with Crippen LogP contribution in [0.4, 0.5) is 5.69 Å². The maximum Gasteiger partial charge on any atom is 0.243 e. The molecule has 0 fully saturated rings. The number of ether oxygens (including phenoxy) is 1. The highest BCUT2D eigenvalue weighted by Crippen LogP contribution is 2.25. The van der Waals surface area contributed by atoms with Gasteiger partial charge in [0.2, 0.25) is 21.8 Å². The molecule has 168 valence electrons. The summed E-state index contributed by atoms with van der Waals surface area (Å²) in [4.78, 5) is 24.4. The highest BCUT2D eigenvalue weighted by Gasteiger charge is 2.25. The van der Waals surface area contributed by atoms with Crippen molar-refractivity contribution in [2.24, 2.45) is 0 Å². The Morgan fingerprint density at radius 2 is 1.65 bits per heavy atom. The Morgan fingerprint density at radius 1 is 1.03 bits per heavy atom. The first kappa shape index (κ1) is 24.4. The summed E-state index contributed by atoms with van der Waals surface area (Å²) in [6.45, 7) is 6.57. The predicted octanol–water partition coefficient (Wildman–Crippen LogP) is 2.98. The maximum atomic E-state index is 12.8. The molecule has 0 aliphatic rings. The molecule has 9 heteroatoms. The lowest BCUT2D eigenvalue weighted by molar-refractivity contribution is -0.120. The number of methoxy groups -OCH3 is 1. The SMILES string of the molecule is COc1ccc(C(CC(=O)Nc2ccccc2S(=O)(=O)NC(C)(C)C)NC(C)=O)cc1. The number of benzene rings is 2. The van der Waals surface area contributed by atoms with Crippen LogP contribution in [0.3, 0.4) is 0 Å². The molecule has 31 heavy (non-hydrogen) atoms. The molecule has 0 bridgehead atoms. The number of hydrogen-bond acceptors (Lipinski definition) is 5. The molecule has 8 nitrogen and oxygen atoms in total. The Labute approximate surface area is 183 Å². The molecule has 2 rings (SSSR count). The Bertz CT molecular complexity index is 1030. The van der Waals surface area contributed by atoms with Gasteiger partial charge in [0.05, 0.1) is 25.3 Å². The molecule has 0 aliphatic heterocycles. The number of carbonyl (C=O) groups excluding carboxylic acids is 2. The molecule has 0 radical (unpaired) electrons. The summed E-state index contributed by atoms with van der Waals surface area (Å²) in [5, 5.41) is 5.42. The molecule has 0 heterocycles. The van der Waals surface area contributed by atoms with Crippen molar-refractivity contribution in [2.45, 2.75) is 50.6 Å². The molecular weight excluding hydrogens is 418 g/mol. The molecule has 3 N–H and O–H groups in total. The average molecular weight is 448 g/mol. The number of carbonyl (C=O) groups is 2. The van der Waals surface area contributed by atoms with Crippen LogP contribution in [-0.4, -0.2) is 32.9 Å². The Morgan fingerprint density at radius 3 is 2.19 bits per heavy atom. The second kappa shape index (κ2) is 9.93. The molecule has 1 unspecified atom stereocenters. The Hall–Kier alpha value is -2.91. The normalized spacial score (nSPS) is 12.7. The summed E-state index contributed by atoms with van der Waals surface area (Å²) < 4.78 is 33.3. The lowest BCUT2D eigenvalue weighted by atomic mass is 10.0. The fraction of sp³-hybridized carbons (Fsp3) is 0.364. The van der Waals surface area contributed by atoms with Crippen LogP contribution in [0.25, 0.3) is 0 Å². The van der Waals surface area contributed by atoms with Gasteiger partial charge in [-0.15, -0.1) is 0 Å². The van der Waals surface area contributed by atoms with Crippen molar-refractivity contribution in [3.8, 4) is 5.75 Å². The second-order valence-corrected chi connectivity index (χ2v) is 9.78. The summed E-state index contributed by atoms with van der Waals surface area (Å²) in [5.41, 5.74) is 0.211. The maximum absolute atomic E-state index is 12.8. The van der Waals surface area contributed by atoms with E-state index in [4.69, 9.17) is 4.74 Å². The van der Waals surface area contributed by atoms with Gasteiger partial charge in [-0.25, -0.2) is 13.1 Å². The van der Waals surface area contributed by atoms with Gasteiger partial charge in [0.1, 0.15) is 10.6 Å². The van der Waals surface area contributed by atoms with E-state index in [9.17, 15) is 18.0 Å². The summed E-state index contributed by atoms with van der Waals surface area (Å²) >= 11 is 0. The van der Waals surface area contributed by atoms with E-state index in [0.29, 0.717) is 5.75 Å². The van der Waals surface area contributed by atoms with Gasteiger partial charge in [-0.3, -0.25) is 9.59 Å². The van der Waals surface area contributed by atoms with Crippen LogP contribution in [0.2, 0.25) is 0 Å². The van der Waals surface area contributed by atoms with E-state index >= 15 is 0 Å². The molecule has 2 aromatic carbocycles. The first-order chi connectivity index (χ1) is 14.4. The van der Waals surface area contributed by atoms with E-state index in [2.05, 4.69) is 15.4 Å². The monoisotopic (exact) mass is 447 g/mol. The van der Waals surface area contributed by atoms with E-state index in [1.54, 1.807) is 64.3 Å². The first-order valence-corrected chi connectivity index (χ1v) is 11.2. The van der Waals surface area contributed by atoms with Crippen molar-refractivity contribution in [3.05, 3.63) is 54.1 Å². The Kier molecular flexibility index (Phi) is 7.80. The summed E-state index contributed by atoms with van der Waals surface area (Å²) in [7, 11) is -2.30. The molecular formula is C22H29N3O5S. The number of nitrogens with one attached hydrogen (secondary N) is 3. The van der Waals surface area contributed by atoms with Crippen molar-refractivity contribution < 1.29 is 22.7 Å². The number of hydrogen-bond donors (Lipinski definition) is 3. The zero-order valence-corrected chi connectivity index (χ0v) is 19.2. The molecule has 0 saturated carbocycles. The minimum Gasteiger partial charge on any atom is -0.497 e. The first-order valence-electron chi connectivity index (χ1n) is 9.75. The molecule has 0 aromatic heterocycles. The van der Waals surface area contributed by atoms with Crippen LogP contribution < -0.4 is 20.1 Å². The largest absolute Gasteiger partial charge is 0.497 e. The zero-order chi connectivity index (χ0) is 23.2. The molecule has 0 saturated heterocycles. The number of amides is 2. The molecule has 2 aromatic rings. The fourth-order valence-electron chi connectivity index (χ4n) is 2.98. The standard InChI is InChI=1S/C22H29N3O5S/c1-15(26)23-19(16-10-12-17(30-5)13-11-16)14-21(27)24-18-8-6-7-9-20(18)31(28,29)25-22(2,3)4/h6-13,19,25H,14H2,1-5H3,(H,23,26)(H,24,27). The third-order valence-electron chi connectivity index (χ3n) is 4.18. The third kappa shape index (κ3) is 7.37. The lowest BCUT2D eigenvalue weighted by Crippen LogP contribution is -2.40. The van der Waals surface area contributed by atoms with Gasteiger partial charge in [0.15, 0.2) is 0 Å². The lowest BCUT2D eigenvalue weighted by Gasteiger charge is -2.22. The van der Waals surface area contributed by atoms with E-state index in [-0.39, 0.29) is 22.9 Å². The fourth-order valence-corrected chi connectivity index (χ4v) is 4.57. The van der Waals surface area contributed by atoms with Gasteiger partial charge in [-0.2, -0.15) is 0 Å². The van der Waals surface area contributed by atoms with Crippen LogP contribution in [-0.2, 0) is 19.6 Å². The van der Waals surface area contributed by atoms with Gasteiger partial charge in [0, 0.05) is 12.5 Å². The van der Waals surface area contributed by atoms with Crippen LogP contribution >= 0.6 is 0 Å². The number of anilines is 1. The third-order valence-corrected chi connectivity index (χ3v) is 5.99. The van der Waals surface area contributed by atoms with Crippen molar-refractivity contribution >= 4 is 27.5 Å². The van der Waals surface area contributed by atoms with Gasteiger partial charge < -0.3 is 15.4 Å². The van der Waals surface area contributed by atoms with Crippen LogP contribution in [0, 0.1) is 0 Å². The van der Waals surface area contributed by atoms with Crippen LogP contribution in [0.5, 0.6) is 5.75 Å².